The van der Waals surface area contributed by atoms with Crippen molar-refractivity contribution >= 4 is 0 Å². The molecular formula is C16H19FN2O. The second kappa shape index (κ2) is 6.48. The van der Waals surface area contributed by atoms with Crippen LogP contribution in [0.4, 0.5) is 4.39 Å². The number of nitrogens with zero attached hydrogens (tertiary/aromatic N) is 1. The van der Waals surface area contributed by atoms with Gasteiger partial charge in [0.2, 0.25) is 0 Å². The molecule has 2 rings (SSSR count). The minimum atomic E-state index is -0.213. The summed E-state index contributed by atoms with van der Waals surface area (Å²) in [5.41, 5.74) is 4.10. The van der Waals surface area contributed by atoms with Crippen molar-refractivity contribution in [1.29, 1.82) is 0 Å². The minimum Gasteiger partial charge on any atom is -0.496 e. The van der Waals surface area contributed by atoms with Crippen LogP contribution >= 0.6 is 0 Å². The van der Waals surface area contributed by atoms with E-state index in [0.29, 0.717) is 13.1 Å². The van der Waals surface area contributed by atoms with Crippen LogP contribution in [0.3, 0.4) is 0 Å². The first-order valence-electron chi connectivity index (χ1n) is 6.56. The molecule has 2 aromatic rings. The molecule has 0 spiro atoms. The Morgan fingerprint density at radius 2 is 1.85 bits per heavy atom. The summed E-state index contributed by atoms with van der Waals surface area (Å²) >= 11 is 0. The van der Waals surface area contributed by atoms with Crippen LogP contribution in [0.25, 0.3) is 0 Å². The van der Waals surface area contributed by atoms with Crippen LogP contribution in [0.2, 0.25) is 0 Å². The van der Waals surface area contributed by atoms with Gasteiger partial charge in [-0.1, -0.05) is 12.1 Å². The number of rotatable bonds is 5. The normalized spacial score (nSPS) is 10.6. The molecule has 0 saturated heterocycles. The lowest BCUT2D eigenvalue weighted by Gasteiger charge is -2.12. The molecule has 1 heterocycles. The van der Waals surface area contributed by atoms with Gasteiger partial charge in [-0.15, -0.1) is 0 Å². The fourth-order valence-electron chi connectivity index (χ4n) is 2.18. The van der Waals surface area contributed by atoms with E-state index in [1.165, 1.54) is 12.1 Å². The summed E-state index contributed by atoms with van der Waals surface area (Å²) in [6.45, 7) is 5.32. The lowest BCUT2D eigenvalue weighted by Crippen LogP contribution is -2.15. The first-order valence-corrected chi connectivity index (χ1v) is 6.56. The van der Waals surface area contributed by atoms with E-state index in [2.05, 4.69) is 10.3 Å². The van der Waals surface area contributed by atoms with Crippen molar-refractivity contribution in [3.05, 3.63) is 58.7 Å². The number of aryl methyl sites for hydroxylation is 1. The van der Waals surface area contributed by atoms with Gasteiger partial charge in [-0.25, -0.2) is 4.39 Å². The molecule has 0 aliphatic carbocycles. The standard InChI is InChI=1S/C16H19FN2O/c1-11-8-19-15(12(2)16(11)20-3)10-18-9-13-4-6-14(17)7-5-13/h4-8,18H,9-10H2,1-3H3. The first kappa shape index (κ1) is 14.5. The van der Waals surface area contributed by atoms with Crippen molar-refractivity contribution < 1.29 is 9.13 Å². The summed E-state index contributed by atoms with van der Waals surface area (Å²) in [5, 5.41) is 3.31. The molecular weight excluding hydrogens is 255 g/mol. The number of nitrogens with one attached hydrogen (secondary N) is 1. The molecule has 1 aromatic heterocycles. The van der Waals surface area contributed by atoms with Gasteiger partial charge in [0.1, 0.15) is 11.6 Å². The second-order valence-corrected chi connectivity index (χ2v) is 4.78. The predicted octanol–water partition coefficient (Wildman–Crippen LogP) is 3.14. The molecule has 0 radical (unpaired) electrons. The van der Waals surface area contributed by atoms with Gasteiger partial charge in [0.15, 0.2) is 0 Å². The van der Waals surface area contributed by atoms with Crippen LogP contribution in [0, 0.1) is 19.7 Å². The molecule has 3 nitrogen and oxygen atoms in total. The number of ether oxygens (including phenoxy) is 1. The Balaban J connectivity index is 1.99. The molecule has 0 bridgehead atoms. The molecule has 20 heavy (non-hydrogen) atoms. The predicted molar refractivity (Wildman–Crippen MR) is 77.2 cm³/mol. The molecule has 0 saturated carbocycles. The van der Waals surface area contributed by atoms with Gasteiger partial charge in [0.25, 0.3) is 0 Å². The Morgan fingerprint density at radius 3 is 2.50 bits per heavy atom. The van der Waals surface area contributed by atoms with E-state index in [1.54, 1.807) is 19.2 Å². The number of halogens is 1. The fraction of sp³-hybridized carbons (Fsp3) is 0.312. The van der Waals surface area contributed by atoms with E-state index >= 15 is 0 Å². The highest BCUT2D eigenvalue weighted by Gasteiger charge is 2.08. The van der Waals surface area contributed by atoms with Crippen LogP contribution in [-0.2, 0) is 13.1 Å². The van der Waals surface area contributed by atoms with Crippen LogP contribution in [0.1, 0.15) is 22.4 Å². The quantitative estimate of drug-likeness (QED) is 0.909. The molecule has 1 N–H and O–H groups in total. The Kier molecular flexibility index (Phi) is 4.69. The van der Waals surface area contributed by atoms with Gasteiger partial charge in [-0.2, -0.15) is 0 Å². The maximum atomic E-state index is 12.8. The van der Waals surface area contributed by atoms with Gasteiger partial charge >= 0.3 is 0 Å². The zero-order valence-electron chi connectivity index (χ0n) is 12.0. The van der Waals surface area contributed by atoms with Crippen molar-refractivity contribution in [1.82, 2.24) is 10.3 Å². The summed E-state index contributed by atoms with van der Waals surface area (Å²) in [6, 6.07) is 6.49. The van der Waals surface area contributed by atoms with Crippen molar-refractivity contribution in [2.45, 2.75) is 26.9 Å². The van der Waals surface area contributed by atoms with Gasteiger partial charge in [-0.3, -0.25) is 4.98 Å². The van der Waals surface area contributed by atoms with E-state index in [9.17, 15) is 4.39 Å². The molecule has 0 aliphatic rings. The number of hydrogen-bond donors (Lipinski definition) is 1. The van der Waals surface area contributed by atoms with Gasteiger partial charge in [0, 0.05) is 30.4 Å². The lowest BCUT2D eigenvalue weighted by molar-refractivity contribution is 0.406. The van der Waals surface area contributed by atoms with Gasteiger partial charge < -0.3 is 10.1 Å². The topological polar surface area (TPSA) is 34.1 Å². The maximum Gasteiger partial charge on any atom is 0.128 e. The number of hydrogen-bond acceptors (Lipinski definition) is 3. The molecule has 0 atom stereocenters. The highest BCUT2D eigenvalue weighted by molar-refractivity contribution is 5.41. The average Bonchev–Trinajstić information content (AvgIpc) is 2.44. The van der Waals surface area contributed by atoms with Crippen molar-refractivity contribution in [3.63, 3.8) is 0 Å². The third-order valence-corrected chi connectivity index (χ3v) is 3.28. The van der Waals surface area contributed by atoms with Crippen LogP contribution in [0.15, 0.2) is 30.5 Å². The van der Waals surface area contributed by atoms with E-state index in [-0.39, 0.29) is 5.82 Å². The van der Waals surface area contributed by atoms with Crippen LogP contribution < -0.4 is 10.1 Å². The molecule has 0 aliphatic heterocycles. The second-order valence-electron chi connectivity index (χ2n) is 4.78. The zero-order chi connectivity index (χ0) is 14.5. The summed E-state index contributed by atoms with van der Waals surface area (Å²) in [4.78, 5) is 4.43. The average molecular weight is 274 g/mol. The van der Waals surface area contributed by atoms with Crippen LogP contribution in [0.5, 0.6) is 5.75 Å². The van der Waals surface area contributed by atoms with E-state index < -0.39 is 0 Å². The van der Waals surface area contributed by atoms with E-state index in [0.717, 1.165) is 28.1 Å². The van der Waals surface area contributed by atoms with Crippen molar-refractivity contribution in [3.8, 4) is 5.75 Å². The number of methoxy groups -OCH3 is 1. The lowest BCUT2D eigenvalue weighted by atomic mass is 10.1. The Morgan fingerprint density at radius 1 is 1.15 bits per heavy atom. The van der Waals surface area contributed by atoms with Crippen molar-refractivity contribution in [2.24, 2.45) is 0 Å². The maximum absolute atomic E-state index is 12.8. The number of benzene rings is 1. The zero-order valence-corrected chi connectivity index (χ0v) is 12.0. The van der Waals surface area contributed by atoms with Gasteiger partial charge in [0.05, 0.1) is 12.8 Å². The molecule has 0 unspecified atom stereocenters. The van der Waals surface area contributed by atoms with E-state index in [1.807, 2.05) is 20.0 Å². The largest absolute Gasteiger partial charge is 0.496 e. The minimum absolute atomic E-state index is 0.213. The third kappa shape index (κ3) is 3.33. The summed E-state index contributed by atoms with van der Waals surface area (Å²) in [7, 11) is 1.67. The molecule has 1 aromatic carbocycles. The molecule has 106 valence electrons. The van der Waals surface area contributed by atoms with Crippen molar-refractivity contribution in [2.75, 3.05) is 7.11 Å². The number of pyridine rings is 1. The summed E-state index contributed by atoms with van der Waals surface area (Å²) in [6.07, 6.45) is 1.82. The fourth-order valence-corrected chi connectivity index (χ4v) is 2.18. The highest BCUT2D eigenvalue weighted by Crippen LogP contribution is 2.23. The van der Waals surface area contributed by atoms with Gasteiger partial charge in [-0.05, 0) is 31.5 Å². The molecule has 4 heteroatoms. The Hall–Kier alpha value is -1.94. The summed E-state index contributed by atoms with van der Waals surface area (Å²) in [5.74, 6) is 0.674. The molecule has 0 fully saturated rings. The first-order chi connectivity index (χ1) is 9.61. The third-order valence-electron chi connectivity index (χ3n) is 3.28. The SMILES string of the molecule is COc1c(C)cnc(CNCc2ccc(F)cc2)c1C. The van der Waals surface area contributed by atoms with Crippen LogP contribution in [-0.4, -0.2) is 12.1 Å². The number of aromatic nitrogens is 1. The monoisotopic (exact) mass is 274 g/mol. The van der Waals surface area contributed by atoms with E-state index in [4.69, 9.17) is 4.74 Å². The summed E-state index contributed by atoms with van der Waals surface area (Å²) < 4.78 is 18.2. The Labute approximate surface area is 118 Å². The molecule has 0 amide bonds. The smallest absolute Gasteiger partial charge is 0.128 e. The Bertz CT molecular complexity index is 582. The highest BCUT2D eigenvalue weighted by atomic mass is 19.1.